The number of halogens is 2. The molecule has 0 spiro atoms. The Morgan fingerprint density at radius 1 is 1.32 bits per heavy atom. The molecular weight excluding hydrogens is 294 g/mol. The highest BCUT2D eigenvalue weighted by molar-refractivity contribution is 5.75. The summed E-state index contributed by atoms with van der Waals surface area (Å²) < 4.78 is 29.9. The quantitative estimate of drug-likeness (QED) is 0.804. The van der Waals surface area contributed by atoms with Gasteiger partial charge in [-0.05, 0) is 24.1 Å². The summed E-state index contributed by atoms with van der Waals surface area (Å²) in [7, 11) is 0. The highest BCUT2D eigenvalue weighted by Crippen LogP contribution is 2.14. The van der Waals surface area contributed by atoms with Crippen LogP contribution in [0.25, 0.3) is 0 Å². The number of ether oxygens (including phenoxy) is 1. The Balaban J connectivity index is 1.66. The Kier molecular flexibility index (Phi) is 5.81. The fraction of sp³-hybridized carbons (Fsp3) is 0.357. The van der Waals surface area contributed by atoms with Gasteiger partial charge in [0.2, 0.25) is 5.91 Å². The number of nitrogens with one attached hydrogen (secondary N) is 1. The van der Waals surface area contributed by atoms with Crippen molar-refractivity contribution in [2.24, 2.45) is 0 Å². The number of benzene rings is 1. The molecule has 0 aliphatic carbocycles. The second-order valence-corrected chi connectivity index (χ2v) is 4.53. The number of alkyl halides is 2. The molecule has 22 heavy (non-hydrogen) atoms. The second-order valence-electron chi connectivity index (χ2n) is 4.53. The van der Waals surface area contributed by atoms with E-state index in [-0.39, 0.29) is 11.7 Å². The number of aromatic nitrogens is 3. The molecule has 8 heteroatoms. The lowest BCUT2D eigenvalue weighted by Gasteiger charge is -2.07. The van der Waals surface area contributed by atoms with Gasteiger partial charge in [0.15, 0.2) is 0 Å². The Labute approximate surface area is 126 Å². The van der Waals surface area contributed by atoms with Gasteiger partial charge in [-0.2, -0.15) is 13.9 Å². The topological polar surface area (TPSA) is 69.0 Å². The summed E-state index contributed by atoms with van der Waals surface area (Å²) in [5, 5.41) is 6.69. The largest absolute Gasteiger partial charge is 0.435 e. The van der Waals surface area contributed by atoms with Gasteiger partial charge >= 0.3 is 6.61 Å². The first kappa shape index (κ1) is 15.9. The van der Waals surface area contributed by atoms with Crippen molar-refractivity contribution >= 4 is 5.91 Å². The first-order valence-corrected chi connectivity index (χ1v) is 6.76. The molecule has 6 nitrogen and oxygen atoms in total. The van der Waals surface area contributed by atoms with E-state index in [2.05, 4.69) is 20.1 Å². The van der Waals surface area contributed by atoms with Crippen LogP contribution in [0, 0.1) is 0 Å². The molecule has 1 N–H and O–H groups in total. The van der Waals surface area contributed by atoms with Gasteiger partial charge in [0, 0.05) is 13.0 Å². The van der Waals surface area contributed by atoms with Crippen molar-refractivity contribution in [2.45, 2.75) is 26.0 Å². The summed E-state index contributed by atoms with van der Waals surface area (Å²) in [6.45, 7) is -1.87. The van der Waals surface area contributed by atoms with Crippen molar-refractivity contribution in [3.8, 4) is 5.75 Å². The number of aryl methyl sites for hydroxylation is 1. The van der Waals surface area contributed by atoms with Gasteiger partial charge in [-0.1, -0.05) is 12.1 Å². The number of amides is 1. The van der Waals surface area contributed by atoms with Crippen LogP contribution in [0.15, 0.2) is 36.9 Å². The molecule has 0 fully saturated rings. The molecular formula is C14H16F2N4O2. The van der Waals surface area contributed by atoms with Crippen molar-refractivity contribution in [2.75, 3.05) is 6.54 Å². The molecule has 2 rings (SSSR count). The van der Waals surface area contributed by atoms with E-state index < -0.39 is 6.61 Å². The Hall–Kier alpha value is -2.51. The Morgan fingerprint density at radius 3 is 2.73 bits per heavy atom. The van der Waals surface area contributed by atoms with Crippen LogP contribution in [0.4, 0.5) is 8.78 Å². The van der Waals surface area contributed by atoms with Gasteiger partial charge in [0.25, 0.3) is 0 Å². The van der Waals surface area contributed by atoms with Gasteiger partial charge in [-0.15, -0.1) is 0 Å². The fourth-order valence-electron chi connectivity index (χ4n) is 1.84. The molecule has 118 valence electrons. The van der Waals surface area contributed by atoms with Crippen LogP contribution in [0.5, 0.6) is 5.75 Å². The van der Waals surface area contributed by atoms with Crippen molar-refractivity contribution in [1.82, 2.24) is 20.1 Å². The molecule has 0 aliphatic rings. The Morgan fingerprint density at radius 2 is 2.09 bits per heavy atom. The van der Waals surface area contributed by atoms with Crippen LogP contribution < -0.4 is 10.1 Å². The van der Waals surface area contributed by atoms with E-state index in [1.807, 2.05) is 0 Å². The van der Waals surface area contributed by atoms with Crippen molar-refractivity contribution in [3.05, 3.63) is 42.5 Å². The summed E-state index contributed by atoms with van der Waals surface area (Å²) in [6.07, 6.45) is 3.91. The average molecular weight is 310 g/mol. The Bertz CT molecular complexity index is 573. The third-order valence-electron chi connectivity index (χ3n) is 2.92. The van der Waals surface area contributed by atoms with Crippen LogP contribution in [0.2, 0.25) is 0 Å². The monoisotopic (exact) mass is 310 g/mol. The molecule has 0 bridgehead atoms. The standard InChI is InChI=1S/C14H16F2N4O2/c15-14(16)22-12-3-1-11(2-4-12)5-7-18-13(21)6-8-20-10-17-9-19-20/h1-4,9-10,14H,5-8H2,(H,18,21). The van der Waals surface area contributed by atoms with E-state index in [1.165, 1.54) is 18.5 Å². The zero-order chi connectivity index (χ0) is 15.8. The molecule has 1 aromatic carbocycles. The molecule has 0 aliphatic heterocycles. The van der Waals surface area contributed by atoms with Crippen molar-refractivity contribution in [1.29, 1.82) is 0 Å². The SMILES string of the molecule is O=C(CCn1cncn1)NCCc1ccc(OC(F)F)cc1. The van der Waals surface area contributed by atoms with E-state index >= 15 is 0 Å². The third-order valence-corrected chi connectivity index (χ3v) is 2.92. The van der Waals surface area contributed by atoms with E-state index in [4.69, 9.17) is 0 Å². The maximum Gasteiger partial charge on any atom is 0.387 e. The molecule has 0 saturated carbocycles. The number of carbonyl (C=O) groups excluding carboxylic acids is 1. The normalized spacial score (nSPS) is 10.7. The maximum absolute atomic E-state index is 12.0. The predicted octanol–water partition coefficient (Wildman–Crippen LogP) is 1.63. The number of rotatable bonds is 8. The third kappa shape index (κ3) is 5.47. The molecule has 0 saturated heterocycles. The van der Waals surface area contributed by atoms with E-state index in [0.717, 1.165) is 5.56 Å². The minimum absolute atomic E-state index is 0.0758. The minimum atomic E-state index is -2.82. The van der Waals surface area contributed by atoms with Gasteiger partial charge in [-0.25, -0.2) is 4.98 Å². The lowest BCUT2D eigenvalue weighted by atomic mass is 10.1. The van der Waals surface area contributed by atoms with Crippen LogP contribution in [-0.4, -0.2) is 33.8 Å². The number of carbonyl (C=O) groups is 1. The second kappa shape index (κ2) is 8.06. The molecule has 1 heterocycles. The molecule has 1 aromatic heterocycles. The zero-order valence-corrected chi connectivity index (χ0v) is 11.8. The maximum atomic E-state index is 12.0. The average Bonchev–Trinajstić information content (AvgIpc) is 3.00. The lowest BCUT2D eigenvalue weighted by Crippen LogP contribution is -2.26. The summed E-state index contributed by atoms with van der Waals surface area (Å²) in [5.41, 5.74) is 0.929. The number of hydrogen-bond acceptors (Lipinski definition) is 4. The summed E-state index contributed by atoms with van der Waals surface area (Å²) in [6, 6.07) is 6.35. The van der Waals surface area contributed by atoms with Crippen molar-refractivity contribution in [3.63, 3.8) is 0 Å². The van der Waals surface area contributed by atoms with Crippen LogP contribution in [0.3, 0.4) is 0 Å². The summed E-state index contributed by atoms with van der Waals surface area (Å²) >= 11 is 0. The first-order chi connectivity index (χ1) is 10.6. The summed E-state index contributed by atoms with van der Waals surface area (Å²) in [4.78, 5) is 15.4. The van der Waals surface area contributed by atoms with E-state index in [9.17, 15) is 13.6 Å². The van der Waals surface area contributed by atoms with Crippen LogP contribution in [-0.2, 0) is 17.8 Å². The number of hydrogen-bond donors (Lipinski definition) is 1. The highest BCUT2D eigenvalue weighted by Gasteiger charge is 2.04. The van der Waals surface area contributed by atoms with Crippen LogP contribution in [0.1, 0.15) is 12.0 Å². The molecule has 0 radical (unpaired) electrons. The van der Waals surface area contributed by atoms with E-state index in [0.29, 0.717) is 25.9 Å². The van der Waals surface area contributed by atoms with Gasteiger partial charge < -0.3 is 10.1 Å². The smallest absolute Gasteiger partial charge is 0.387 e. The number of nitrogens with zero attached hydrogens (tertiary/aromatic N) is 3. The molecule has 0 atom stereocenters. The first-order valence-electron chi connectivity index (χ1n) is 6.76. The van der Waals surface area contributed by atoms with Crippen molar-refractivity contribution < 1.29 is 18.3 Å². The zero-order valence-electron chi connectivity index (χ0n) is 11.8. The minimum Gasteiger partial charge on any atom is -0.435 e. The molecule has 1 amide bonds. The van der Waals surface area contributed by atoms with Gasteiger partial charge in [0.1, 0.15) is 18.4 Å². The van der Waals surface area contributed by atoms with Crippen LogP contribution >= 0.6 is 0 Å². The van der Waals surface area contributed by atoms with Gasteiger partial charge in [-0.3, -0.25) is 9.48 Å². The highest BCUT2D eigenvalue weighted by atomic mass is 19.3. The summed E-state index contributed by atoms with van der Waals surface area (Å²) in [5.74, 6) is 0.0452. The fourth-order valence-corrected chi connectivity index (χ4v) is 1.84. The lowest BCUT2D eigenvalue weighted by molar-refractivity contribution is -0.121. The molecule has 0 unspecified atom stereocenters. The predicted molar refractivity (Wildman–Crippen MR) is 74.4 cm³/mol. The van der Waals surface area contributed by atoms with E-state index in [1.54, 1.807) is 23.1 Å². The van der Waals surface area contributed by atoms with Gasteiger partial charge in [0.05, 0.1) is 6.54 Å². The molecule has 2 aromatic rings.